The van der Waals surface area contributed by atoms with Crippen LogP contribution < -0.4 is 15.5 Å². The van der Waals surface area contributed by atoms with E-state index >= 15 is 0 Å². The lowest BCUT2D eigenvalue weighted by Crippen LogP contribution is -2.36. The first-order valence-corrected chi connectivity index (χ1v) is 10.1. The Balaban J connectivity index is 1.71. The maximum atomic E-state index is 13.2. The summed E-state index contributed by atoms with van der Waals surface area (Å²) in [6.45, 7) is 2.45. The lowest BCUT2D eigenvalue weighted by molar-refractivity contribution is -0.119. The summed E-state index contributed by atoms with van der Waals surface area (Å²) in [4.78, 5) is 27.1. The monoisotopic (exact) mass is 417 g/mol. The summed E-state index contributed by atoms with van der Waals surface area (Å²) < 4.78 is 0. The zero-order chi connectivity index (χ0) is 21.3. The first kappa shape index (κ1) is 21.2. The molecule has 0 saturated heterocycles. The van der Waals surface area contributed by atoms with Crippen LogP contribution in [0.1, 0.15) is 22.8 Å². The average molecular weight is 418 g/mol. The van der Waals surface area contributed by atoms with Crippen LogP contribution in [0.15, 0.2) is 84.9 Å². The van der Waals surface area contributed by atoms with Crippen molar-refractivity contribution >= 4 is 40.5 Å². The molecular formula is C24H23N3O2S. The minimum atomic E-state index is -0.220. The zero-order valence-electron chi connectivity index (χ0n) is 16.7. The molecule has 0 heterocycles. The van der Waals surface area contributed by atoms with Crippen LogP contribution >= 0.6 is 12.2 Å². The topological polar surface area (TPSA) is 61.4 Å². The SMILES string of the molecule is CCN(C(=O)c1ccccc1NC(=S)NC(=O)Cc1ccccc1)c1ccccc1. The summed E-state index contributed by atoms with van der Waals surface area (Å²) in [5.74, 6) is -0.368. The minimum Gasteiger partial charge on any atom is -0.332 e. The van der Waals surface area contributed by atoms with E-state index in [9.17, 15) is 9.59 Å². The third-order valence-corrected chi connectivity index (χ3v) is 4.70. The lowest BCUT2D eigenvalue weighted by atomic mass is 10.1. The molecule has 0 aliphatic rings. The Morgan fingerprint density at radius 1 is 0.867 bits per heavy atom. The standard InChI is InChI=1S/C24H23N3O2S/c1-2-27(19-13-7-4-8-14-19)23(29)20-15-9-10-16-21(20)25-24(30)26-22(28)17-18-11-5-3-6-12-18/h3-16H,2,17H2,1H3,(H2,25,26,28,30). The van der Waals surface area contributed by atoms with Gasteiger partial charge in [-0.1, -0.05) is 60.7 Å². The smallest absolute Gasteiger partial charge is 0.260 e. The number of hydrogen-bond acceptors (Lipinski definition) is 3. The van der Waals surface area contributed by atoms with Gasteiger partial charge in [-0.05, 0) is 49.0 Å². The van der Waals surface area contributed by atoms with E-state index in [1.807, 2.05) is 73.7 Å². The van der Waals surface area contributed by atoms with Gasteiger partial charge in [-0.25, -0.2) is 0 Å². The third kappa shape index (κ3) is 5.52. The largest absolute Gasteiger partial charge is 0.332 e. The second-order valence-corrected chi connectivity index (χ2v) is 7.00. The van der Waals surface area contributed by atoms with Crippen molar-refractivity contribution in [2.24, 2.45) is 0 Å². The molecule has 30 heavy (non-hydrogen) atoms. The van der Waals surface area contributed by atoms with E-state index in [1.165, 1.54) is 0 Å². The zero-order valence-corrected chi connectivity index (χ0v) is 17.5. The molecule has 152 valence electrons. The van der Waals surface area contributed by atoms with Crippen molar-refractivity contribution in [2.45, 2.75) is 13.3 Å². The van der Waals surface area contributed by atoms with Gasteiger partial charge in [0.2, 0.25) is 5.91 Å². The minimum absolute atomic E-state index is 0.148. The van der Waals surface area contributed by atoms with E-state index in [0.717, 1.165) is 11.3 Å². The number of nitrogens with one attached hydrogen (secondary N) is 2. The fourth-order valence-corrected chi connectivity index (χ4v) is 3.30. The number of benzene rings is 3. The van der Waals surface area contributed by atoms with Gasteiger partial charge in [0, 0.05) is 12.2 Å². The molecular weight excluding hydrogens is 394 g/mol. The number of carbonyl (C=O) groups is 2. The van der Waals surface area contributed by atoms with E-state index < -0.39 is 0 Å². The molecule has 3 aromatic rings. The van der Waals surface area contributed by atoms with Gasteiger partial charge in [-0.2, -0.15) is 0 Å². The highest BCUT2D eigenvalue weighted by Gasteiger charge is 2.19. The fourth-order valence-electron chi connectivity index (χ4n) is 3.08. The van der Waals surface area contributed by atoms with Gasteiger partial charge >= 0.3 is 0 Å². The molecule has 0 unspecified atom stereocenters. The van der Waals surface area contributed by atoms with Crippen molar-refractivity contribution in [2.75, 3.05) is 16.8 Å². The molecule has 3 rings (SSSR count). The van der Waals surface area contributed by atoms with Crippen LogP contribution in [-0.4, -0.2) is 23.5 Å². The van der Waals surface area contributed by atoms with Gasteiger partial charge in [0.15, 0.2) is 5.11 Å². The molecule has 3 aromatic carbocycles. The number of anilines is 2. The number of para-hydroxylation sites is 2. The van der Waals surface area contributed by atoms with Crippen molar-refractivity contribution in [1.82, 2.24) is 5.32 Å². The Hall–Kier alpha value is -3.51. The Bertz CT molecular complexity index is 1020. The second-order valence-electron chi connectivity index (χ2n) is 6.60. The predicted molar refractivity (Wildman–Crippen MR) is 125 cm³/mol. The first-order valence-electron chi connectivity index (χ1n) is 9.69. The molecule has 0 aromatic heterocycles. The van der Waals surface area contributed by atoms with Crippen LogP contribution in [-0.2, 0) is 11.2 Å². The quantitative estimate of drug-likeness (QED) is 0.583. The molecule has 0 bridgehead atoms. The van der Waals surface area contributed by atoms with Gasteiger partial charge in [-0.15, -0.1) is 0 Å². The summed E-state index contributed by atoms with van der Waals surface area (Å²) in [5, 5.41) is 5.82. The van der Waals surface area contributed by atoms with Crippen molar-refractivity contribution in [3.8, 4) is 0 Å². The highest BCUT2D eigenvalue weighted by molar-refractivity contribution is 7.80. The molecule has 0 atom stereocenters. The summed E-state index contributed by atoms with van der Waals surface area (Å²) >= 11 is 5.29. The van der Waals surface area contributed by atoms with Gasteiger partial charge in [0.05, 0.1) is 17.7 Å². The van der Waals surface area contributed by atoms with Gasteiger partial charge in [0.25, 0.3) is 5.91 Å². The average Bonchev–Trinajstić information content (AvgIpc) is 2.76. The Morgan fingerprint density at radius 2 is 1.47 bits per heavy atom. The van der Waals surface area contributed by atoms with Crippen LogP contribution in [0.25, 0.3) is 0 Å². The summed E-state index contributed by atoms with van der Waals surface area (Å²) in [7, 11) is 0. The van der Waals surface area contributed by atoms with Crippen molar-refractivity contribution in [3.63, 3.8) is 0 Å². The number of amides is 2. The number of rotatable bonds is 6. The van der Waals surface area contributed by atoms with Crippen LogP contribution in [0, 0.1) is 0 Å². The molecule has 0 spiro atoms. The number of thiocarbonyl (C=S) groups is 1. The summed E-state index contributed by atoms with van der Waals surface area (Å²) in [6.07, 6.45) is 0.223. The first-order chi connectivity index (χ1) is 14.6. The van der Waals surface area contributed by atoms with Crippen LogP contribution in [0.5, 0.6) is 0 Å². The van der Waals surface area contributed by atoms with Crippen LogP contribution in [0.4, 0.5) is 11.4 Å². The maximum absolute atomic E-state index is 13.2. The maximum Gasteiger partial charge on any atom is 0.260 e. The molecule has 5 nitrogen and oxygen atoms in total. The van der Waals surface area contributed by atoms with Crippen LogP contribution in [0.3, 0.4) is 0 Å². The molecule has 0 aliphatic carbocycles. The Kier molecular flexibility index (Phi) is 7.29. The number of hydrogen-bond donors (Lipinski definition) is 2. The predicted octanol–water partition coefficient (Wildman–Crippen LogP) is 4.41. The molecule has 0 aliphatic heterocycles. The molecule has 0 fully saturated rings. The third-order valence-electron chi connectivity index (χ3n) is 4.50. The van der Waals surface area contributed by atoms with E-state index in [0.29, 0.717) is 17.8 Å². The van der Waals surface area contributed by atoms with E-state index in [-0.39, 0.29) is 23.3 Å². The normalized spacial score (nSPS) is 10.2. The van der Waals surface area contributed by atoms with E-state index in [1.54, 1.807) is 23.1 Å². The van der Waals surface area contributed by atoms with Crippen molar-refractivity contribution in [1.29, 1.82) is 0 Å². The molecule has 6 heteroatoms. The Labute approximate surface area is 181 Å². The second kappa shape index (κ2) is 10.3. The molecule has 2 amide bonds. The molecule has 0 radical (unpaired) electrons. The van der Waals surface area contributed by atoms with Gasteiger partial charge in [0.1, 0.15) is 0 Å². The highest BCUT2D eigenvalue weighted by atomic mass is 32.1. The number of carbonyl (C=O) groups excluding carboxylic acids is 2. The van der Waals surface area contributed by atoms with Crippen molar-refractivity contribution in [3.05, 3.63) is 96.1 Å². The Morgan fingerprint density at radius 3 is 2.13 bits per heavy atom. The highest BCUT2D eigenvalue weighted by Crippen LogP contribution is 2.21. The molecule has 0 saturated carbocycles. The fraction of sp³-hybridized carbons (Fsp3) is 0.125. The lowest BCUT2D eigenvalue weighted by Gasteiger charge is -2.23. The van der Waals surface area contributed by atoms with Crippen LogP contribution in [0.2, 0.25) is 0 Å². The summed E-state index contributed by atoms with van der Waals surface area (Å²) in [6, 6.07) is 26.0. The van der Waals surface area contributed by atoms with Gasteiger partial charge in [-0.3, -0.25) is 9.59 Å². The summed E-state index contributed by atoms with van der Waals surface area (Å²) in [5.41, 5.74) is 2.73. The van der Waals surface area contributed by atoms with E-state index in [4.69, 9.17) is 12.2 Å². The van der Waals surface area contributed by atoms with E-state index in [2.05, 4.69) is 10.6 Å². The number of nitrogens with zero attached hydrogens (tertiary/aromatic N) is 1. The molecule has 2 N–H and O–H groups in total. The van der Waals surface area contributed by atoms with Gasteiger partial charge < -0.3 is 15.5 Å². The van der Waals surface area contributed by atoms with Crippen molar-refractivity contribution < 1.29 is 9.59 Å².